The molecule has 0 spiro atoms. The van der Waals surface area contributed by atoms with Crippen LogP contribution in [0.5, 0.6) is 5.75 Å². The summed E-state index contributed by atoms with van der Waals surface area (Å²) in [5, 5.41) is 4.41. The normalized spacial score (nSPS) is 22.9. The van der Waals surface area contributed by atoms with E-state index in [9.17, 15) is 26.4 Å². The van der Waals surface area contributed by atoms with E-state index in [1.165, 1.54) is 4.31 Å². The topological polar surface area (TPSA) is 91.5 Å². The molecule has 7 nitrogen and oxygen atoms in total. The fourth-order valence-electron chi connectivity index (χ4n) is 5.06. The fraction of sp³-hybridized carbons (Fsp3) is 0.348. The number of hydrogen-bond acceptors (Lipinski definition) is 4. The lowest BCUT2D eigenvalue weighted by atomic mass is 9.99. The smallest absolute Gasteiger partial charge is 0.406 e. The van der Waals surface area contributed by atoms with Crippen LogP contribution < -0.4 is 10.1 Å². The van der Waals surface area contributed by atoms with Crippen molar-refractivity contribution in [2.75, 3.05) is 0 Å². The third-order valence-corrected chi connectivity index (χ3v) is 8.72. The van der Waals surface area contributed by atoms with Crippen molar-refractivity contribution < 1.29 is 31.1 Å². The number of piperidine rings is 1. The molecule has 3 heterocycles. The lowest BCUT2D eigenvalue weighted by molar-refractivity contribution is -0.274. The third-order valence-electron chi connectivity index (χ3n) is 6.46. The summed E-state index contributed by atoms with van der Waals surface area (Å²) in [7, 11) is -3.92. The summed E-state index contributed by atoms with van der Waals surface area (Å²) in [6, 6.07) is 10.4. The highest BCUT2D eigenvalue weighted by Gasteiger charge is 2.47. The summed E-state index contributed by atoms with van der Waals surface area (Å²) in [5.74, 6) is -0.765. The van der Waals surface area contributed by atoms with Crippen molar-refractivity contribution in [1.82, 2.24) is 14.6 Å². The van der Waals surface area contributed by atoms with Crippen molar-refractivity contribution in [2.24, 2.45) is 0 Å². The van der Waals surface area contributed by atoms with Gasteiger partial charge in [-0.15, -0.1) is 13.2 Å². The number of sulfonamides is 1. The van der Waals surface area contributed by atoms with E-state index in [-0.39, 0.29) is 28.9 Å². The third kappa shape index (κ3) is 4.85. The van der Waals surface area contributed by atoms with Crippen LogP contribution in [0.3, 0.4) is 0 Å². The Labute approximate surface area is 204 Å². The number of aromatic nitrogens is 1. The second kappa shape index (κ2) is 8.72. The maximum atomic E-state index is 13.3. The Balaban J connectivity index is 1.28. The van der Waals surface area contributed by atoms with Gasteiger partial charge in [0.1, 0.15) is 11.4 Å². The number of ether oxygens (including phenoxy) is 1. The average Bonchev–Trinajstić information content (AvgIpc) is 3.32. The molecule has 2 bridgehead atoms. The highest BCUT2D eigenvalue weighted by atomic mass is 35.5. The summed E-state index contributed by atoms with van der Waals surface area (Å²) in [6.45, 7) is 0. The van der Waals surface area contributed by atoms with E-state index in [0.717, 1.165) is 35.2 Å². The number of nitrogens with one attached hydrogen (secondary N) is 2. The largest absolute Gasteiger partial charge is 0.573 e. The zero-order valence-corrected chi connectivity index (χ0v) is 19.8. The number of fused-ring (bicyclic) bond motifs is 3. The van der Waals surface area contributed by atoms with Gasteiger partial charge in [-0.3, -0.25) is 4.79 Å². The molecule has 2 aliphatic heterocycles. The molecule has 3 aromatic rings. The van der Waals surface area contributed by atoms with E-state index < -0.39 is 22.1 Å². The Morgan fingerprint density at radius 3 is 2.34 bits per heavy atom. The van der Waals surface area contributed by atoms with Gasteiger partial charge >= 0.3 is 6.36 Å². The predicted octanol–water partition coefficient (Wildman–Crippen LogP) is 4.83. The predicted molar refractivity (Wildman–Crippen MR) is 123 cm³/mol. The van der Waals surface area contributed by atoms with Gasteiger partial charge in [-0.25, -0.2) is 8.42 Å². The van der Waals surface area contributed by atoms with Crippen LogP contribution in [0, 0.1) is 0 Å². The Bertz CT molecular complexity index is 1360. The number of alkyl halides is 3. The fourth-order valence-corrected chi connectivity index (χ4v) is 7.13. The minimum Gasteiger partial charge on any atom is -0.406 e. The molecule has 2 aromatic carbocycles. The van der Waals surface area contributed by atoms with E-state index >= 15 is 0 Å². The van der Waals surface area contributed by atoms with E-state index in [1.807, 2.05) is 6.07 Å². The summed E-state index contributed by atoms with van der Waals surface area (Å²) < 4.78 is 69.0. The number of H-pyrrole nitrogens is 1. The number of hydrogen-bond donors (Lipinski definition) is 2. The number of aromatic amines is 1. The zero-order chi connectivity index (χ0) is 25.0. The number of benzene rings is 2. The molecule has 2 saturated heterocycles. The van der Waals surface area contributed by atoms with Crippen molar-refractivity contribution in [3.63, 3.8) is 0 Å². The highest BCUT2D eigenvalue weighted by Crippen LogP contribution is 2.40. The van der Waals surface area contributed by atoms with Crippen LogP contribution in [0.15, 0.2) is 53.4 Å². The highest BCUT2D eigenvalue weighted by molar-refractivity contribution is 7.89. The first-order chi connectivity index (χ1) is 16.5. The molecule has 0 unspecified atom stereocenters. The van der Waals surface area contributed by atoms with Crippen molar-refractivity contribution in [3.8, 4) is 5.75 Å². The first-order valence-corrected chi connectivity index (χ1v) is 12.8. The molecule has 2 N–H and O–H groups in total. The second-order valence-electron chi connectivity index (χ2n) is 8.80. The Morgan fingerprint density at radius 2 is 1.71 bits per heavy atom. The van der Waals surface area contributed by atoms with Crippen LogP contribution in [0.25, 0.3) is 10.9 Å². The van der Waals surface area contributed by atoms with Crippen molar-refractivity contribution >= 4 is 38.4 Å². The standard InChI is InChI=1S/C23H21ClF3N3O4S/c24-14-2-1-13-9-21(29-20(13)10-14)22(31)28-15-11-16-3-4-17(12-15)30(16)35(32,33)19-7-5-18(6-8-19)34-23(25,26)27/h1-2,5-10,15-17,29H,3-4,11-12H2,(H,28,31)/t16-,17-/m1/s1. The van der Waals surface area contributed by atoms with Gasteiger partial charge in [0.25, 0.3) is 5.91 Å². The minimum absolute atomic E-state index is 0.0943. The second-order valence-corrected chi connectivity index (χ2v) is 11.1. The molecule has 2 fully saturated rings. The molecule has 0 radical (unpaired) electrons. The molecule has 1 aromatic heterocycles. The number of nitrogens with zero attached hydrogens (tertiary/aromatic N) is 1. The molecule has 186 valence electrons. The van der Waals surface area contributed by atoms with E-state index in [1.54, 1.807) is 18.2 Å². The molecule has 1 amide bonds. The lowest BCUT2D eigenvalue weighted by Gasteiger charge is -2.38. The first-order valence-electron chi connectivity index (χ1n) is 11.0. The van der Waals surface area contributed by atoms with Crippen LogP contribution in [-0.2, 0) is 10.0 Å². The van der Waals surface area contributed by atoms with Gasteiger partial charge in [0.05, 0.1) is 4.90 Å². The van der Waals surface area contributed by atoms with Crippen LogP contribution >= 0.6 is 11.6 Å². The molecule has 5 rings (SSSR count). The first kappa shape index (κ1) is 24.0. The zero-order valence-electron chi connectivity index (χ0n) is 18.2. The Hall–Kier alpha value is -2.76. The lowest BCUT2D eigenvalue weighted by Crippen LogP contribution is -2.52. The summed E-state index contributed by atoms with van der Waals surface area (Å²) in [6.07, 6.45) is -2.66. The molecule has 0 saturated carbocycles. The van der Waals surface area contributed by atoms with Crippen molar-refractivity contribution in [1.29, 1.82) is 0 Å². The molecule has 2 atom stereocenters. The maximum Gasteiger partial charge on any atom is 0.573 e. The Kier molecular flexibility index (Phi) is 5.97. The van der Waals surface area contributed by atoms with Gasteiger partial charge in [-0.1, -0.05) is 17.7 Å². The molecule has 35 heavy (non-hydrogen) atoms. The van der Waals surface area contributed by atoms with Crippen LogP contribution in [0.4, 0.5) is 13.2 Å². The molecule has 2 aliphatic rings. The van der Waals surface area contributed by atoms with Crippen LogP contribution in [0.2, 0.25) is 5.02 Å². The van der Waals surface area contributed by atoms with Crippen LogP contribution in [-0.4, -0.2) is 48.1 Å². The van der Waals surface area contributed by atoms with E-state index in [0.29, 0.717) is 36.4 Å². The summed E-state index contributed by atoms with van der Waals surface area (Å²) in [4.78, 5) is 15.8. The summed E-state index contributed by atoms with van der Waals surface area (Å²) >= 11 is 6.00. The number of amides is 1. The number of carbonyl (C=O) groups excluding carboxylic acids is 1. The summed E-state index contributed by atoms with van der Waals surface area (Å²) in [5.41, 5.74) is 1.14. The van der Waals surface area contributed by atoms with Gasteiger partial charge in [0.15, 0.2) is 0 Å². The number of rotatable bonds is 5. The van der Waals surface area contributed by atoms with Gasteiger partial charge in [-0.2, -0.15) is 4.31 Å². The molecule has 0 aliphatic carbocycles. The minimum atomic E-state index is -4.86. The van der Waals surface area contributed by atoms with Gasteiger partial charge in [-0.05, 0) is 68.1 Å². The Morgan fingerprint density at radius 1 is 1.06 bits per heavy atom. The number of carbonyl (C=O) groups is 1. The quantitative estimate of drug-likeness (QED) is 0.497. The van der Waals surface area contributed by atoms with Crippen LogP contribution in [0.1, 0.15) is 36.2 Å². The SMILES string of the molecule is O=C(NC1C[C@H]2CC[C@H](C1)N2S(=O)(=O)c1ccc(OC(F)(F)F)cc1)c1cc2ccc(Cl)cc2[nH]1. The monoisotopic (exact) mass is 527 g/mol. The van der Waals surface area contributed by atoms with E-state index in [4.69, 9.17) is 11.6 Å². The maximum absolute atomic E-state index is 13.3. The molecular formula is C23H21ClF3N3O4S. The van der Waals surface area contributed by atoms with E-state index in [2.05, 4.69) is 15.0 Å². The van der Waals surface area contributed by atoms with Gasteiger partial charge in [0, 0.05) is 34.1 Å². The molecular weight excluding hydrogens is 507 g/mol. The molecule has 12 heteroatoms. The average molecular weight is 528 g/mol. The van der Waals surface area contributed by atoms with Gasteiger partial charge in [0.2, 0.25) is 10.0 Å². The van der Waals surface area contributed by atoms with Crippen molar-refractivity contribution in [3.05, 3.63) is 59.2 Å². The van der Waals surface area contributed by atoms with Crippen molar-refractivity contribution in [2.45, 2.75) is 55.1 Å². The van der Waals surface area contributed by atoms with Gasteiger partial charge < -0.3 is 15.0 Å². The number of halogens is 4.